The van der Waals surface area contributed by atoms with E-state index in [1.165, 1.54) is 0 Å². The molecule has 2 saturated heterocycles. The Morgan fingerprint density at radius 1 is 1.11 bits per heavy atom. The lowest BCUT2D eigenvalue weighted by Gasteiger charge is -2.35. The van der Waals surface area contributed by atoms with Crippen LogP contribution in [0.15, 0.2) is 18.2 Å². The third-order valence-electron chi connectivity index (χ3n) is 6.88. The van der Waals surface area contributed by atoms with Gasteiger partial charge in [0, 0.05) is 37.8 Å². The minimum Gasteiger partial charge on any atom is -0.340 e. The summed E-state index contributed by atoms with van der Waals surface area (Å²) in [4.78, 5) is 29.6. The summed E-state index contributed by atoms with van der Waals surface area (Å²) in [5, 5.41) is 6.46. The molecule has 1 spiro atoms. The van der Waals surface area contributed by atoms with E-state index in [0.717, 1.165) is 75.3 Å². The average molecular weight is 385 g/mol. The number of benzene rings is 1. The van der Waals surface area contributed by atoms with E-state index in [9.17, 15) is 9.59 Å². The molecule has 1 saturated carbocycles. The number of hydrogen-bond donors (Lipinski definition) is 2. The second-order valence-corrected chi connectivity index (χ2v) is 8.79. The number of nitrogens with zero attached hydrogens (tertiary/aromatic N) is 2. The van der Waals surface area contributed by atoms with Crippen LogP contribution in [0.5, 0.6) is 0 Å². The lowest BCUT2D eigenvalue weighted by atomic mass is 9.91. The van der Waals surface area contributed by atoms with Crippen LogP contribution in [0.3, 0.4) is 0 Å². The number of nitrogens with one attached hydrogen (secondary N) is 2. The molecule has 1 aliphatic carbocycles. The fraction of sp³-hybridized carbons (Fsp3) is 0.636. The van der Waals surface area contributed by atoms with Crippen LogP contribution in [0, 0.1) is 25.2 Å². The van der Waals surface area contributed by atoms with Crippen LogP contribution in [0.4, 0.5) is 5.69 Å². The van der Waals surface area contributed by atoms with Crippen molar-refractivity contribution in [1.82, 2.24) is 15.1 Å². The molecule has 2 amide bonds. The molecule has 28 heavy (non-hydrogen) atoms. The van der Waals surface area contributed by atoms with Crippen molar-refractivity contribution in [2.45, 2.75) is 33.1 Å². The van der Waals surface area contributed by atoms with Gasteiger partial charge in [-0.05, 0) is 62.7 Å². The predicted octanol–water partition coefficient (Wildman–Crippen LogP) is 1.78. The van der Waals surface area contributed by atoms with Gasteiger partial charge >= 0.3 is 0 Å². The lowest BCUT2D eigenvalue weighted by molar-refractivity contribution is -0.135. The van der Waals surface area contributed by atoms with Crippen molar-refractivity contribution in [3.8, 4) is 0 Å². The molecule has 3 fully saturated rings. The van der Waals surface area contributed by atoms with Gasteiger partial charge < -0.3 is 15.5 Å². The number of rotatable bonds is 4. The SMILES string of the molecule is Cc1cccc(C)c1NC(=O)CN1CCN(C(=O)C2CC23CCNCC3)CC1. The van der Waals surface area contributed by atoms with E-state index < -0.39 is 0 Å². The first-order valence-electron chi connectivity index (χ1n) is 10.6. The molecule has 1 aromatic rings. The number of aryl methyl sites for hydroxylation is 2. The summed E-state index contributed by atoms with van der Waals surface area (Å²) < 4.78 is 0. The van der Waals surface area contributed by atoms with E-state index in [1.54, 1.807) is 0 Å². The lowest BCUT2D eigenvalue weighted by Crippen LogP contribution is -2.51. The Morgan fingerprint density at radius 2 is 1.75 bits per heavy atom. The van der Waals surface area contributed by atoms with Crippen LogP contribution in [0.25, 0.3) is 0 Å². The molecule has 0 aromatic heterocycles. The maximum absolute atomic E-state index is 12.9. The maximum atomic E-state index is 12.9. The van der Waals surface area contributed by atoms with Gasteiger partial charge in [0.1, 0.15) is 0 Å². The van der Waals surface area contributed by atoms with E-state index in [0.29, 0.717) is 17.9 Å². The summed E-state index contributed by atoms with van der Waals surface area (Å²) >= 11 is 0. The summed E-state index contributed by atoms with van der Waals surface area (Å²) in [6.45, 7) is 9.52. The third-order valence-corrected chi connectivity index (χ3v) is 6.88. The summed E-state index contributed by atoms with van der Waals surface area (Å²) in [6, 6.07) is 6.03. The van der Waals surface area contributed by atoms with Gasteiger partial charge in [0.2, 0.25) is 11.8 Å². The number of para-hydroxylation sites is 1. The average Bonchev–Trinajstić information content (AvgIpc) is 3.38. The molecule has 4 rings (SSSR count). The minimum atomic E-state index is 0.0213. The number of amides is 2. The molecule has 152 valence electrons. The Balaban J connectivity index is 1.24. The van der Waals surface area contributed by atoms with Crippen LogP contribution in [0.2, 0.25) is 0 Å². The topological polar surface area (TPSA) is 64.7 Å². The molecule has 0 bridgehead atoms. The van der Waals surface area contributed by atoms with Crippen molar-refractivity contribution in [3.63, 3.8) is 0 Å². The molecule has 6 nitrogen and oxygen atoms in total. The summed E-state index contributed by atoms with van der Waals surface area (Å²) in [6.07, 6.45) is 3.36. The Labute approximate surface area is 167 Å². The molecule has 2 N–H and O–H groups in total. The highest BCUT2D eigenvalue weighted by atomic mass is 16.2. The molecule has 3 aliphatic rings. The van der Waals surface area contributed by atoms with Gasteiger partial charge in [0.05, 0.1) is 6.54 Å². The van der Waals surface area contributed by atoms with Crippen molar-refractivity contribution < 1.29 is 9.59 Å². The standard InChI is InChI=1S/C22H32N4O2/c1-16-4-3-5-17(2)20(16)24-19(27)15-25-10-12-26(13-11-25)21(28)18-14-22(18)6-8-23-9-7-22/h3-5,18,23H,6-15H2,1-2H3,(H,24,27). The van der Waals surface area contributed by atoms with Gasteiger partial charge in [0.25, 0.3) is 0 Å². The number of hydrogen-bond acceptors (Lipinski definition) is 4. The molecule has 1 unspecified atom stereocenters. The predicted molar refractivity (Wildman–Crippen MR) is 110 cm³/mol. The number of carbonyl (C=O) groups is 2. The highest BCUT2D eigenvalue weighted by molar-refractivity contribution is 5.93. The van der Waals surface area contributed by atoms with Gasteiger partial charge in [-0.1, -0.05) is 18.2 Å². The van der Waals surface area contributed by atoms with Crippen LogP contribution < -0.4 is 10.6 Å². The zero-order valence-corrected chi connectivity index (χ0v) is 17.1. The Kier molecular flexibility index (Phi) is 5.43. The molecule has 0 radical (unpaired) electrons. The van der Waals surface area contributed by atoms with Gasteiger partial charge in [-0.3, -0.25) is 14.5 Å². The normalized spacial score (nSPS) is 24.2. The van der Waals surface area contributed by atoms with E-state index >= 15 is 0 Å². The van der Waals surface area contributed by atoms with Crippen molar-refractivity contribution >= 4 is 17.5 Å². The van der Waals surface area contributed by atoms with Gasteiger partial charge in [0.15, 0.2) is 0 Å². The number of piperazine rings is 1. The fourth-order valence-electron chi connectivity index (χ4n) is 4.91. The number of piperidine rings is 1. The first kappa shape index (κ1) is 19.4. The Bertz CT molecular complexity index is 729. The summed E-state index contributed by atoms with van der Waals surface area (Å²) in [5.74, 6) is 0.614. The highest BCUT2D eigenvalue weighted by Gasteiger charge is 2.58. The van der Waals surface area contributed by atoms with Crippen LogP contribution in [-0.2, 0) is 9.59 Å². The number of carbonyl (C=O) groups excluding carboxylic acids is 2. The van der Waals surface area contributed by atoms with Crippen LogP contribution in [-0.4, -0.2) is 67.4 Å². The molecule has 6 heteroatoms. The Morgan fingerprint density at radius 3 is 2.39 bits per heavy atom. The van der Waals surface area contributed by atoms with E-state index in [1.807, 2.05) is 36.9 Å². The quantitative estimate of drug-likeness (QED) is 0.831. The third kappa shape index (κ3) is 3.94. The first-order valence-corrected chi connectivity index (χ1v) is 10.6. The monoisotopic (exact) mass is 384 g/mol. The zero-order chi connectivity index (χ0) is 19.7. The van der Waals surface area contributed by atoms with E-state index in [4.69, 9.17) is 0 Å². The van der Waals surface area contributed by atoms with Crippen LogP contribution in [0.1, 0.15) is 30.4 Å². The van der Waals surface area contributed by atoms with Gasteiger partial charge in [-0.2, -0.15) is 0 Å². The first-order chi connectivity index (χ1) is 13.5. The zero-order valence-electron chi connectivity index (χ0n) is 17.1. The minimum absolute atomic E-state index is 0.0213. The largest absolute Gasteiger partial charge is 0.340 e. The molecule has 2 aliphatic heterocycles. The van der Waals surface area contributed by atoms with Crippen molar-refractivity contribution in [3.05, 3.63) is 29.3 Å². The number of anilines is 1. The molecule has 1 aromatic carbocycles. The van der Waals surface area contributed by atoms with Crippen molar-refractivity contribution in [1.29, 1.82) is 0 Å². The molecule has 2 heterocycles. The second kappa shape index (κ2) is 7.84. The second-order valence-electron chi connectivity index (χ2n) is 8.79. The molecular formula is C22H32N4O2. The van der Waals surface area contributed by atoms with E-state index in [-0.39, 0.29) is 11.8 Å². The van der Waals surface area contributed by atoms with Crippen LogP contribution >= 0.6 is 0 Å². The summed E-state index contributed by atoms with van der Waals surface area (Å²) in [5.41, 5.74) is 3.38. The molecular weight excluding hydrogens is 352 g/mol. The van der Waals surface area contributed by atoms with Crippen molar-refractivity contribution in [2.75, 3.05) is 51.1 Å². The Hall–Kier alpha value is -1.92. The highest BCUT2D eigenvalue weighted by Crippen LogP contribution is 2.59. The van der Waals surface area contributed by atoms with E-state index in [2.05, 4.69) is 15.5 Å². The summed E-state index contributed by atoms with van der Waals surface area (Å²) in [7, 11) is 0. The molecule has 1 atom stereocenters. The van der Waals surface area contributed by atoms with Crippen molar-refractivity contribution in [2.24, 2.45) is 11.3 Å². The van der Waals surface area contributed by atoms with Gasteiger partial charge in [-0.15, -0.1) is 0 Å². The fourth-order valence-corrected chi connectivity index (χ4v) is 4.91. The smallest absolute Gasteiger partial charge is 0.238 e. The van der Waals surface area contributed by atoms with Gasteiger partial charge in [-0.25, -0.2) is 0 Å². The maximum Gasteiger partial charge on any atom is 0.238 e.